The van der Waals surface area contributed by atoms with Crippen molar-refractivity contribution in [2.45, 2.75) is 25.7 Å². The maximum atomic E-state index is 8.66. The van der Waals surface area contributed by atoms with E-state index < -0.39 is 0 Å². The van der Waals surface area contributed by atoms with E-state index in [9.17, 15) is 0 Å². The molecule has 0 fully saturated rings. The van der Waals surface area contributed by atoms with Crippen molar-refractivity contribution in [3.8, 4) is 5.75 Å². The third-order valence-electron chi connectivity index (χ3n) is 2.90. The summed E-state index contributed by atoms with van der Waals surface area (Å²) in [6, 6.07) is 9.94. The fraction of sp³-hybridized carbons (Fsp3) is 0.400. The Morgan fingerprint density at radius 3 is 2.83 bits per heavy atom. The number of benzene rings is 1. The number of nitrogens with zero attached hydrogens (tertiary/aromatic N) is 1. The number of aliphatic hydroxyl groups is 1. The molecular weight excluding hydrogens is 226 g/mol. The number of rotatable bonds is 7. The molecule has 0 amide bonds. The second-order valence-electron chi connectivity index (χ2n) is 4.34. The fourth-order valence-corrected chi connectivity index (χ4v) is 1.90. The van der Waals surface area contributed by atoms with Crippen LogP contribution in [0, 0.1) is 0 Å². The molecule has 1 N–H and O–H groups in total. The average molecular weight is 245 g/mol. The molecule has 2 rings (SSSR count). The first-order valence-electron chi connectivity index (χ1n) is 6.48. The molecule has 0 radical (unpaired) electrons. The van der Waals surface area contributed by atoms with Crippen LogP contribution in [-0.2, 0) is 0 Å². The van der Waals surface area contributed by atoms with Crippen LogP contribution < -0.4 is 4.74 Å². The second kappa shape index (κ2) is 6.97. The van der Waals surface area contributed by atoms with Gasteiger partial charge in [-0.1, -0.05) is 12.5 Å². The van der Waals surface area contributed by atoms with E-state index in [4.69, 9.17) is 9.84 Å². The van der Waals surface area contributed by atoms with Gasteiger partial charge >= 0.3 is 0 Å². The Hall–Kier alpha value is -1.61. The lowest BCUT2D eigenvalue weighted by molar-refractivity contribution is 0.273. The molecule has 0 aliphatic carbocycles. The number of unbranched alkanes of at least 4 members (excludes halogenated alkanes) is 3. The van der Waals surface area contributed by atoms with E-state index in [-0.39, 0.29) is 0 Å². The van der Waals surface area contributed by atoms with Gasteiger partial charge in [-0.25, -0.2) is 0 Å². The molecule has 0 spiro atoms. The van der Waals surface area contributed by atoms with Crippen LogP contribution in [0.15, 0.2) is 36.5 Å². The van der Waals surface area contributed by atoms with E-state index in [0.29, 0.717) is 6.61 Å². The van der Waals surface area contributed by atoms with Gasteiger partial charge in [0.15, 0.2) is 0 Å². The Balaban J connectivity index is 1.81. The molecule has 3 heteroatoms. The van der Waals surface area contributed by atoms with Gasteiger partial charge in [-0.15, -0.1) is 0 Å². The highest BCUT2D eigenvalue weighted by Crippen LogP contribution is 2.19. The summed E-state index contributed by atoms with van der Waals surface area (Å²) in [5, 5.41) is 9.77. The minimum absolute atomic E-state index is 0.290. The molecule has 3 nitrogen and oxygen atoms in total. The van der Waals surface area contributed by atoms with Crippen molar-refractivity contribution < 1.29 is 9.84 Å². The van der Waals surface area contributed by atoms with Gasteiger partial charge in [-0.3, -0.25) is 4.98 Å². The smallest absolute Gasteiger partial charge is 0.120 e. The van der Waals surface area contributed by atoms with Crippen molar-refractivity contribution in [1.82, 2.24) is 4.98 Å². The van der Waals surface area contributed by atoms with E-state index >= 15 is 0 Å². The van der Waals surface area contributed by atoms with E-state index in [1.54, 1.807) is 6.20 Å². The highest BCUT2D eigenvalue weighted by molar-refractivity contribution is 5.79. The minimum atomic E-state index is 0.290. The number of pyridine rings is 1. The summed E-state index contributed by atoms with van der Waals surface area (Å²) in [4.78, 5) is 4.27. The maximum absolute atomic E-state index is 8.66. The largest absolute Gasteiger partial charge is 0.494 e. The quantitative estimate of drug-likeness (QED) is 0.762. The number of aromatic nitrogens is 1. The lowest BCUT2D eigenvalue weighted by Crippen LogP contribution is -1.97. The number of hydrogen-bond acceptors (Lipinski definition) is 3. The van der Waals surface area contributed by atoms with E-state index in [0.717, 1.165) is 48.9 Å². The van der Waals surface area contributed by atoms with Crippen LogP contribution >= 0.6 is 0 Å². The third-order valence-corrected chi connectivity index (χ3v) is 2.90. The molecule has 18 heavy (non-hydrogen) atoms. The van der Waals surface area contributed by atoms with Gasteiger partial charge in [0.05, 0.1) is 12.1 Å². The zero-order valence-corrected chi connectivity index (χ0v) is 10.5. The molecule has 2 aromatic rings. The minimum Gasteiger partial charge on any atom is -0.494 e. The molecule has 0 saturated carbocycles. The summed E-state index contributed by atoms with van der Waals surface area (Å²) in [7, 11) is 0. The molecule has 0 saturated heterocycles. The summed E-state index contributed by atoms with van der Waals surface area (Å²) in [5.74, 6) is 0.901. The predicted octanol–water partition coefficient (Wildman–Crippen LogP) is 3.17. The average Bonchev–Trinajstić information content (AvgIpc) is 2.42. The van der Waals surface area contributed by atoms with Crippen molar-refractivity contribution >= 4 is 10.9 Å². The van der Waals surface area contributed by atoms with Gasteiger partial charge in [0, 0.05) is 18.2 Å². The zero-order valence-electron chi connectivity index (χ0n) is 10.5. The van der Waals surface area contributed by atoms with E-state index in [1.165, 1.54) is 0 Å². The summed E-state index contributed by atoms with van der Waals surface area (Å²) in [5.41, 5.74) is 0.993. The van der Waals surface area contributed by atoms with Gasteiger partial charge < -0.3 is 9.84 Å². The molecular formula is C15H19NO2. The maximum Gasteiger partial charge on any atom is 0.120 e. The van der Waals surface area contributed by atoms with Crippen molar-refractivity contribution in [2.75, 3.05) is 13.2 Å². The number of ether oxygens (including phenoxy) is 1. The SMILES string of the molecule is OCCCCCCOc1ccc2ncccc2c1. The first-order valence-corrected chi connectivity index (χ1v) is 6.48. The molecule has 0 atom stereocenters. The lowest BCUT2D eigenvalue weighted by Gasteiger charge is -2.06. The number of aliphatic hydroxyl groups excluding tert-OH is 1. The van der Waals surface area contributed by atoms with Crippen LogP contribution in [0.4, 0.5) is 0 Å². The fourth-order valence-electron chi connectivity index (χ4n) is 1.90. The third kappa shape index (κ3) is 3.70. The van der Waals surface area contributed by atoms with Gasteiger partial charge in [-0.2, -0.15) is 0 Å². The Kier molecular flexibility index (Phi) is 4.97. The molecule has 0 bridgehead atoms. The standard InChI is InChI=1S/C15H19NO2/c17-10-3-1-2-4-11-18-14-7-8-15-13(12-14)6-5-9-16-15/h5-9,12,17H,1-4,10-11H2. The first kappa shape index (κ1) is 12.8. The Morgan fingerprint density at radius 1 is 1.06 bits per heavy atom. The van der Waals surface area contributed by atoms with Crippen LogP contribution in [0.5, 0.6) is 5.75 Å². The lowest BCUT2D eigenvalue weighted by atomic mass is 10.2. The van der Waals surface area contributed by atoms with E-state index in [2.05, 4.69) is 4.98 Å². The second-order valence-corrected chi connectivity index (χ2v) is 4.34. The van der Waals surface area contributed by atoms with Crippen molar-refractivity contribution in [3.05, 3.63) is 36.5 Å². The van der Waals surface area contributed by atoms with Gasteiger partial charge in [0.1, 0.15) is 5.75 Å². The van der Waals surface area contributed by atoms with Crippen LogP contribution in [0.1, 0.15) is 25.7 Å². The summed E-state index contributed by atoms with van der Waals surface area (Å²) >= 11 is 0. The monoisotopic (exact) mass is 245 g/mol. The topological polar surface area (TPSA) is 42.4 Å². The first-order chi connectivity index (χ1) is 8.90. The van der Waals surface area contributed by atoms with Crippen LogP contribution in [0.25, 0.3) is 10.9 Å². The summed E-state index contributed by atoms with van der Waals surface area (Å²) in [6.07, 6.45) is 5.90. The molecule has 0 unspecified atom stereocenters. The Bertz CT molecular complexity index is 485. The Morgan fingerprint density at radius 2 is 1.94 bits per heavy atom. The van der Waals surface area contributed by atoms with Crippen molar-refractivity contribution in [3.63, 3.8) is 0 Å². The van der Waals surface area contributed by atoms with Crippen molar-refractivity contribution in [2.24, 2.45) is 0 Å². The molecule has 1 heterocycles. The van der Waals surface area contributed by atoms with Gasteiger partial charge in [-0.05, 0) is 43.5 Å². The highest BCUT2D eigenvalue weighted by atomic mass is 16.5. The summed E-state index contributed by atoms with van der Waals surface area (Å²) in [6.45, 7) is 1.02. The summed E-state index contributed by atoms with van der Waals surface area (Å²) < 4.78 is 5.70. The molecule has 1 aromatic carbocycles. The zero-order chi connectivity index (χ0) is 12.6. The van der Waals surface area contributed by atoms with Crippen LogP contribution in [-0.4, -0.2) is 23.3 Å². The predicted molar refractivity (Wildman–Crippen MR) is 72.8 cm³/mol. The Labute approximate surface area is 107 Å². The van der Waals surface area contributed by atoms with E-state index in [1.807, 2.05) is 30.3 Å². The molecule has 0 aliphatic rings. The molecule has 0 aliphatic heterocycles. The van der Waals surface area contributed by atoms with Crippen molar-refractivity contribution in [1.29, 1.82) is 0 Å². The van der Waals surface area contributed by atoms with Crippen LogP contribution in [0.3, 0.4) is 0 Å². The highest BCUT2D eigenvalue weighted by Gasteiger charge is 1.97. The number of fused-ring (bicyclic) bond motifs is 1. The van der Waals surface area contributed by atoms with Gasteiger partial charge in [0.2, 0.25) is 0 Å². The normalized spacial score (nSPS) is 10.7. The number of hydrogen-bond donors (Lipinski definition) is 1. The molecule has 96 valence electrons. The van der Waals surface area contributed by atoms with Gasteiger partial charge in [0.25, 0.3) is 0 Å². The van der Waals surface area contributed by atoms with Crippen LogP contribution in [0.2, 0.25) is 0 Å². The molecule has 1 aromatic heterocycles.